The molecule has 0 aliphatic rings. The van der Waals surface area contributed by atoms with Crippen LogP contribution >= 0.6 is 11.6 Å². The van der Waals surface area contributed by atoms with Crippen LogP contribution in [0.15, 0.2) is 11.0 Å². The number of halogens is 1. The average molecular weight is 303 g/mol. The molecule has 8 nitrogen and oxygen atoms in total. The van der Waals surface area contributed by atoms with Crippen LogP contribution < -0.4 is 16.6 Å². The first-order valence-electron chi connectivity index (χ1n) is 5.59. The van der Waals surface area contributed by atoms with Crippen LogP contribution in [0.5, 0.6) is 0 Å². The summed E-state index contributed by atoms with van der Waals surface area (Å²) in [5.74, 6) is -1.25. The summed E-state index contributed by atoms with van der Waals surface area (Å²) in [4.78, 5) is 34.2. The molecule has 0 unspecified atom stereocenters. The molecule has 9 heteroatoms. The van der Waals surface area contributed by atoms with Crippen molar-refractivity contribution in [2.24, 2.45) is 5.73 Å². The van der Waals surface area contributed by atoms with Gasteiger partial charge in [-0.05, 0) is 13.8 Å². The molecule has 0 aromatic carbocycles. The average Bonchev–Trinajstić information content (AvgIpc) is 2.37. The maximum Gasteiger partial charge on any atom is 0.327 e. The van der Waals surface area contributed by atoms with Crippen molar-refractivity contribution in [2.45, 2.75) is 25.9 Å². The molecule has 1 aromatic heterocycles. The normalized spacial score (nSPS) is 11.0. The SMILES string of the molecule is COC(=O)Cn1ncc(NC(C)(C)C(N)=O)c(Cl)c1=O. The first-order valence-corrected chi connectivity index (χ1v) is 5.97. The number of hydrogen-bond donors (Lipinski definition) is 2. The van der Waals surface area contributed by atoms with Crippen LogP contribution in [0.1, 0.15) is 13.8 Å². The van der Waals surface area contributed by atoms with Crippen molar-refractivity contribution < 1.29 is 14.3 Å². The molecule has 0 aliphatic carbocycles. The molecule has 0 saturated heterocycles. The minimum Gasteiger partial charge on any atom is -0.468 e. The Hall–Kier alpha value is -2.09. The van der Waals surface area contributed by atoms with Crippen molar-refractivity contribution in [2.75, 3.05) is 12.4 Å². The lowest BCUT2D eigenvalue weighted by Crippen LogP contribution is -2.45. The monoisotopic (exact) mass is 302 g/mol. The number of hydrogen-bond acceptors (Lipinski definition) is 6. The third-order valence-corrected chi connectivity index (χ3v) is 2.92. The Balaban J connectivity index is 3.10. The number of carbonyl (C=O) groups excluding carboxylic acids is 2. The highest BCUT2D eigenvalue weighted by Crippen LogP contribution is 2.20. The van der Waals surface area contributed by atoms with Crippen molar-refractivity contribution in [3.05, 3.63) is 21.6 Å². The molecule has 1 amide bonds. The zero-order valence-electron chi connectivity index (χ0n) is 11.3. The van der Waals surface area contributed by atoms with E-state index in [1.807, 2.05) is 0 Å². The van der Waals surface area contributed by atoms with Gasteiger partial charge in [0.1, 0.15) is 17.1 Å². The number of primary amides is 1. The summed E-state index contributed by atoms with van der Waals surface area (Å²) >= 11 is 5.90. The van der Waals surface area contributed by atoms with Crippen molar-refractivity contribution in [1.29, 1.82) is 0 Å². The van der Waals surface area contributed by atoms with Gasteiger partial charge in [0.15, 0.2) is 0 Å². The molecule has 1 rings (SSSR count). The van der Waals surface area contributed by atoms with Crippen LogP contribution in [-0.4, -0.2) is 34.3 Å². The first-order chi connectivity index (χ1) is 9.19. The summed E-state index contributed by atoms with van der Waals surface area (Å²) in [6, 6.07) is 0. The molecule has 0 saturated carbocycles. The molecule has 20 heavy (non-hydrogen) atoms. The fourth-order valence-corrected chi connectivity index (χ4v) is 1.44. The van der Waals surface area contributed by atoms with Crippen LogP contribution in [0.3, 0.4) is 0 Å². The van der Waals surface area contributed by atoms with Gasteiger partial charge in [0.2, 0.25) is 5.91 Å². The van der Waals surface area contributed by atoms with Gasteiger partial charge in [0, 0.05) is 0 Å². The van der Waals surface area contributed by atoms with Gasteiger partial charge in [-0.15, -0.1) is 0 Å². The van der Waals surface area contributed by atoms with Gasteiger partial charge in [-0.3, -0.25) is 14.4 Å². The van der Waals surface area contributed by atoms with E-state index in [9.17, 15) is 14.4 Å². The summed E-state index contributed by atoms with van der Waals surface area (Å²) in [5.41, 5.74) is 3.58. The van der Waals surface area contributed by atoms with E-state index in [0.29, 0.717) is 0 Å². The molecule has 0 bridgehead atoms. The lowest BCUT2D eigenvalue weighted by Gasteiger charge is -2.23. The second kappa shape index (κ2) is 5.91. The zero-order valence-corrected chi connectivity index (χ0v) is 12.0. The van der Waals surface area contributed by atoms with E-state index in [1.165, 1.54) is 27.2 Å². The Morgan fingerprint density at radius 1 is 1.55 bits per heavy atom. The van der Waals surface area contributed by atoms with Gasteiger partial charge in [-0.2, -0.15) is 5.10 Å². The predicted octanol–water partition coefficient (Wildman–Crippen LogP) is -0.254. The van der Waals surface area contributed by atoms with Crippen LogP contribution in [0.2, 0.25) is 5.02 Å². The van der Waals surface area contributed by atoms with Gasteiger partial charge in [0.05, 0.1) is 19.0 Å². The molecule has 110 valence electrons. The Morgan fingerprint density at radius 2 is 2.15 bits per heavy atom. The molecular formula is C11H15ClN4O4. The summed E-state index contributed by atoms with van der Waals surface area (Å²) in [6.45, 7) is 2.71. The molecule has 0 radical (unpaired) electrons. The van der Waals surface area contributed by atoms with E-state index in [-0.39, 0.29) is 17.3 Å². The van der Waals surface area contributed by atoms with E-state index in [2.05, 4.69) is 15.2 Å². The molecule has 1 heterocycles. The van der Waals surface area contributed by atoms with Gasteiger partial charge in [-0.1, -0.05) is 11.6 Å². The molecule has 0 spiro atoms. The number of amides is 1. The predicted molar refractivity (Wildman–Crippen MR) is 72.4 cm³/mol. The van der Waals surface area contributed by atoms with Gasteiger partial charge in [0.25, 0.3) is 5.56 Å². The summed E-state index contributed by atoms with van der Waals surface area (Å²) in [6.07, 6.45) is 1.23. The third-order valence-electron chi connectivity index (χ3n) is 2.55. The number of rotatable bonds is 5. The van der Waals surface area contributed by atoms with Crippen LogP contribution in [0.25, 0.3) is 0 Å². The van der Waals surface area contributed by atoms with Crippen molar-refractivity contribution in [3.8, 4) is 0 Å². The number of carbonyl (C=O) groups is 2. The summed E-state index contributed by atoms with van der Waals surface area (Å²) in [5, 5.41) is 6.30. The number of aromatic nitrogens is 2. The Bertz CT molecular complexity index is 597. The molecule has 0 aliphatic heterocycles. The summed E-state index contributed by atoms with van der Waals surface area (Å²) < 4.78 is 5.29. The van der Waals surface area contributed by atoms with E-state index < -0.39 is 23.0 Å². The second-order valence-electron chi connectivity index (χ2n) is 4.53. The van der Waals surface area contributed by atoms with Crippen LogP contribution in [0.4, 0.5) is 5.69 Å². The zero-order chi connectivity index (χ0) is 15.5. The largest absolute Gasteiger partial charge is 0.468 e. The van der Waals surface area contributed by atoms with Gasteiger partial charge >= 0.3 is 5.97 Å². The lowest BCUT2D eigenvalue weighted by atomic mass is 10.1. The number of nitrogens with one attached hydrogen (secondary N) is 1. The molecule has 0 fully saturated rings. The van der Waals surface area contributed by atoms with E-state index in [0.717, 1.165) is 4.68 Å². The number of anilines is 1. The number of nitrogens with zero attached hydrogens (tertiary/aromatic N) is 2. The maximum absolute atomic E-state index is 11.9. The lowest BCUT2D eigenvalue weighted by molar-refractivity contribution is -0.141. The fraction of sp³-hybridized carbons (Fsp3) is 0.455. The minimum atomic E-state index is -1.10. The Morgan fingerprint density at radius 3 is 2.65 bits per heavy atom. The number of nitrogens with two attached hydrogens (primary N) is 1. The van der Waals surface area contributed by atoms with Crippen molar-refractivity contribution in [3.63, 3.8) is 0 Å². The van der Waals surface area contributed by atoms with Crippen molar-refractivity contribution in [1.82, 2.24) is 9.78 Å². The highest BCUT2D eigenvalue weighted by Gasteiger charge is 2.26. The van der Waals surface area contributed by atoms with Gasteiger partial charge < -0.3 is 15.8 Å². The Labute approximate surface area is 119 Å². The number of methoxy groups -OCH3 is 1. The highest BCUT2D eigenvalue weighted by atomic mass is 35.5. The molecule has 1 aromatic rings. The second-order valence-corrected chi connectivity index (χ2v) is 4.90. The van der Waals surface area contributed by atoms with E-state index in [4.69, 9.17) is 17.3 Å². The van der Waals surface area contributed by atoms with E-state index >= 15 is 0 Å². The topological polar surface area (TPSA) is 116 Å². The first kappa shape index (κ1) is 16.0. The van der Waals surface area contributed by atoms with Gasteiger partial charge in [-0.25, -0.2) is 4.68 Å². The number of ether oxygens (including phenoxy) is 1. The van der Waals surface area contributed by atoms with Crippen molar-refractivity contribution >= 4 is 29.2 Å². The summed E-state index contributed by atoms with van der Waals surface area (Å²) in [7, 11) is 1.19. The van der Waals surface area contributed by atoms with Crippen LogP contribution in [-0.2, 0) is 20.9 Å². The quantitative estimate of drug-likeness (QED) is 0.724. The standard InChI is InChI=1S/C11H15ClN4O4/c1-11(2,10(13)19)15-6-4-14-16(5-7(17)20-3)9(18)8(6)12/h4,15H,5H2,1-3H3,(H2,13,19). The fourth-order valence-electron chi connectivity index (χ4n) is 1.25. The smallest absolute Gasteiger partial charge is 0.327 e. The molecular weight excluding hydrogens is 288 g/mol. The molecule has 3 N–H and O–H groups in total. The minimum absolute atomic E-state index is 0.154. The molecule has 0 atom stereocenters. The number of esters is 1. The van der Waals surface area contributed by atoms with E-state index in [1.54, 1.807) is 0 Å². The highest BCUT2D eigenvalue weighted by molar-refractivity contribution is 6.33. The third kappa shape index (κ3) is 3.47. The maximum atomic E-state index is 11.9. The Kier molecular flexibility index (Phi) is 4.72. The van der Waals surface area contributed by atoms with Crippen LogP contribution in [0, 0.1) is 0 Å².